The van der Waals surface area contributed by atoms with E-state index in [4.69, 9.17) is 19.7 Å². The molecule has 0 unspecified atom stereocenters. The van der Waals surface area contributed by atoms with Crippen LogP contribution in [0.2, 0.25) is 0 Å². The first-order valence-corrected chi connectivity index (χ1v) is 16.8. The summed E-state index contributed by atoms with van der Waals surface area (Å²) in [7, 11) is 0. The number of nitrogens with zero attached hydrogens (tertiary/aromatic N) is 3. The van der Waals surface area contributed by atoms with Crippen LogP contribution in [0.1, 0.15) is 22.3 Å². The standard InChI is InChI=1S/C46H31N3O/c1-4-16-32(17-5-1)33-28-30-35(31-29-33)44-47-43(34-18-6-2-7-19-34)48-45(49-44)37-22-10-11-23-38(37)46(36-20-8-3-9-21-36)39-24-12-14-26-41(39)50-42-27-15-13-25-40(42)46/h1-31H. The molecule has 9 rings (SSSR count). The van der Waals surface area contributed by atoms with Gasteiger partial charge in [-0.05, 0) is 34.4 Å². The van der Waals surface area contributed by atoms with Crippen molar-refractivity contribution < 1.29 is 4.74 Å². The van der Waals surface area contributed by atoms with Gasteiger partial charge in [0, 0.05) is 27.8 Å². The molecule has 0 spiro atoms. The van der Waals surface area contributed by atoms with Gasteiger partial charge in [0.2, 0.25) is 0 Å². The molecule has 236 valence electrons. The Morgan fingerprint density at radius 1 is 0.320 bits per heavy atom. The van der Waals surface area contributed by atoms with E-state index in [0.29, 0.717) is 17.5 Å². The Balaban J connectivity index is 1.31. The normalized spacial score (nSPS) is 12.7. The van der Waals surface area contributed by atoms with Crippen LogP contribution in [-0.4, -0.2) is 15.0 Å². The number of para-hydroxylation sites is 2. The highest BCUT2D eigenvalue weighted by Crippen LogP contribution is 2.56. The summed E-state index contributed by atoms with van der Waals surface area (Å²) in [5, 5.41) is 0. The zero-order valence-electron chi connectivity index (χ0n) is 27.1. The third kappa shape index (κ3) is 4.97. The molecule has 1 aliphatic rings. The summed E-state index contributed by atoms with van der Waals surface area (Å²) < 4.78 is 6.58. The lowest BCUT2D eigenvalue weighted by Crippen LogP contribution is -2.34. The number of hydrogen-bond donors (Lipinski definition) is 0. The second-order valence-corrected chi connectivity index (χ2v) is 12.4. The second kappa shape index (κ2) is 12.4. The van der Waals surface area contributed by atoms with Crippen LogP contribution in [0.5, 0.6) is 11.5 Å². The molecule has 4 nitrogen and oxygen atoms in total. The Morgan fingerprint density at radius 2 is 0.720 bits per heavy atom. The predicted octanol–water partition coefficient (Wildman–Crippen LogP) is 11.0. The molecule has 0 amide bonds. The molecule has 4 heteroatoms. The van der Waals surface area contributed by atoms with Crippen LogP contribution in [0.25, 0.3) is 45.3 Å². The lowest BCUT2D eigenvalue weighted by Gasteiger charge is -2.42. The highest BCUT2D eigenvalue weighted by Gasteiger charge is 2.46. The molecule has 50 heavy (non-hydrogen) atoms. The van der Waals surface area contributed by atoms with Gasteiger partial charge >= 0.3 is 0 Å². The van der Waals surface area contributed by atoms with Crippen molar-refractivity contribution in [2.45, 2.75) is 5.41 Å². The van der Waals surface area contributed by atoms with E-state index in [1.165, 1.54) is 0 Å². The molecule has 8 aromatic rings. The monoisotopic (exact) mass is 641 g/mol. The molecule has 1 aliphatic heterocycles. The average Bonchev–Trinajstić information content (AvgIpc) is 3.21. The molecule has 1 aromatic heterocycles. The Bertz CT molecular complexity index is 2400. The van der Waals surface area contributed by atoms with Crippen molar-refractivity contribution in [1.29, 1.82) is 0 Å². The van der Waals surface area contributed by atoms with Crippen LogP contribution in [0.15, 0.2) is 188 Å². The number of benzene rings is 7. The molecule has 0 atom stereocenters. The fourth-order valence-electron chi connectivity index (χ4n) is 7.23. The molecule has 7 aromatic carbocycles. The fraction of sp³-hybridized carbons (Fsp3) is 0.0217. The highest BCUT2D eigenvalue weighted by atomic mass is 16.5. The molecule has 0 saturated carbocycles. The van der Waals surface area contributed by atoms with E-state index in [0.717, 1.165) is 61.6 Å². The number of fused-ring (bicyclic) bond motifs is 2. The number of aromatic nitrogens is 3. The number of hydrogen-bond acceptors (Lipinski definition) is 4. The van der Waals surface area contributed by atoms with Gasteiger partial charge in [0.25, 0.3) is 0 Å². The van der Waals surface area contributed by atoms with E-state index in [1.807, 2.05) is 48.5 Å². The number of ether oxygens (including phenoxy) is 1. The van der Waals surface area contributed by atoms with E-state index >= 15 is 0 Å². The first kappa shape index (κ1) is 29.5. The van der Waals surface area contributed by atoms with Crippen molar-refractivity contribution >= 4 is 0 Å². The summed E-state index contributed by atoms with van der Waals surface area (Å²) in [6.45, 7) is 0. The summed E-state index contributed by atoms with van der Waals surface area (Å²) in [6.07, 6.45) is 0. The SMILES string of the molecule is c1ccc(-c2ccc(-c3nc(-c4ccccc4)nc(-c4ccccc4C4(c5ccccc5)c5ccccc5Oc5ccccc54)n3)cc2)cc1. The van der Waals surface area contributed by atoms with Crippen molar-refractivity contribution in [2.75, 3.05) is 0 Å². The molecular weight excluding hydrogens is 611 g/mol. The zero-order valence-corrected chi connectivity index (χ0v) is 27.1. The van der Waals surface area contributed by atoms with Gasteiger partial charge in [-0.15, -0.1) is 0 Å². The molecule has 0 N–H and O–H groups in total. The van der Waals surface area contributed by atoms with Gasteiger partial charge in [-0.1, -0.05) is 176 Å². The topological polar surface area (TPSA) is 47.9 Å². The first-order valence-electron chi connectivity index (χ1n) is 16.8. The van der Waals surface area contributed by atoms with Crippen LogP contribution in [0.4, 0.5) is 0 Å². The molecule has 0 aliphatic carbocycles. The van der Waals surface area contributed by atoms with Crippen molar-refractivity contribution in [3.63, 3.8) is 0 Å². The van der Waals surface area contributed by atoms with Gasteiger partial charge in [-0.3, -0.25) is 0 Å². The Hall–Kier alpha value is -6.65. The molecular formula is C46H31N3O. The lowest BCUT2D eigenvalue weighted by atomic mass is 9.62. The van der Waals surface area contributed by atoms with Gasteiger partial charge in [0.1, 0.15) is 11.5 Å². The second-order valence-electron chi connectivity index (χ2n) is 12.4. The fourth-order valence-corrected chi connectivity index (χ4v) is 7.23. The largest absolute Gasteiger partial charge is 0.457 e. The Morgan fingerprint density at radius 3 is 1.32 bits per heavy atom. The maximum absolute atomic E-state index is 6.58. The minimum Gasteiger partial charge on any atom is -0.457 e. The Labute approximate surface area is 291 Å². The summed E-state index contributed by atoms with van der Waals surface area (Å²) in [5.41, 5.74) is 8.66. The van der Waals surface area contributed by atoms with Crippen LogP contribution in [0, 0.1) is 0 Å². The molecule has 2 heterocycles. The Kier molecular flexibility index (Phi) is 7.33. The summed E-state index contributed by atoms with van der Waals surface area (Å²) in [6, 6.07) is 64.9. The van der Waals surface area contributed by atoms with Gasteiger partial charge in [0.15, 0.2) is 17.5 Å². The van der Waals surface area contributed by atoms with Crippen molar-refractivity contribution in [2.24, 2.45) is 0 Å². The van der Waals surface area contributed by atoms with E-state index < -0.39 is 5.41 Å². The molecule has 0 fully saturated rings. The maximum Gasteiger partial charge on any atom is 0.164 e. The van der Waals surface area contributed by atoms with Crippen LogP contribution < -0.4 is 4.74 Å². The minimum atomic E-state index is -0.722. The first-order chi connectivity index (χ1) is 24.8. The van der Waals surface area contributed by atoms with E-state index in [-0.39, 0.29) is 0 Å². The minimum absolute atomic E-state index is 0.605. The van der Waals surface area contributed by atoms with E-state index in [1.54, 1.807) is 0 Å². The molecule has 0 radical (unpaired) electrons. The van der Waals surface area contributed by atoms with E-state index in [9.17, 15) is 0 Å². The van der Waals surface area contributed by atoms with Crippen molar-refractivity contribution in [3.8, 4) is 56.8 Å². The summed E-state index contributed by atoms with van der Waals surface area (Å²) in [4.78, 5) is 15.5. The molecule has 0 saturated heterocycles. The average molecular weight is 642 g/mol. The zero-order chi connectivity index (χ0) is 33.3. The summed E-state index contributed by atoms with van der Waals surface area (Å²) in [5.74, 6) is 3.49. The predicted molar refractivity (Wildman–Crippen MR) is 200 cm³/mol. The summed E-state index contributed by atoms with van der Waals surface area (Å²) >= 11 is 0. The van der Waals surface area contributed by atoms with Crippen LogP contribution in [0.3, 0.4) is 0 Å². The van der Waals surface area contributed by atoms with Crippen molar-refractivity contribution in [3.05, 3.63) is 210 Å². The molecule has 0 bridgehead atoms. The van der Waals surface area contributed by atoms with Gasteiger partial charge in [-0.2, -0.15) is 0 Å². The highest BCUT2D eigenvalue weighted by molar-refractivity contribution is 5.77. The third-order valence-electron chi connectivity index (χ3n) is 9.50. The quantitative estimate of drug-likeness (QED) is 0.181. The van der Waals surface area contributed by atoms with Gasteiger partial charge < -0.3 is 4.74 Å². The van der Waals surface area contributed by atoms with Gasteiger partial charge in [-0.25, -0.2) is 15.0 Å². The third-order valence-corrected chi connectivity index (χ3v) is 9.50. The maximum atomic E-state index is 6.58. The van der Waals surface area contributed by atoms with Gasteiger partial charge in [0.05, 0.1) is 5.41 Å². The lowest BCUT2D eigenvalue weighted by molar-refractivity contribution is 0.434. The smallest absolute Gasteiger partial charge is 0.164 e. The number of rotatable bonds is 6. The van der Waals surface area contributed by atoms with Crippen LogP contribution in [-0.2, 0) is 5.41 Å². The van der Waals surface area contributed by atoms with Crippen LogP contribution >= 0.6 is 0 Å². The van der Waals surface area contributed by atoms with E-state index in [2.05, 4.69) is 140 Å². The van der Waals surface area contributed by atoms with Crippen molar-refractivity contribution in [1.82, 2.24) is 15.0 Å².